The lowest BCUT2D eigenvalue weighted by atomic mass is 10.3. The zero-order valence-corrected chi connectivity index (χ0v) is 11.6. The maximum atomic E-state index is 4.52. The fourth-order valence-electron chi connectivity index (χ4n) is 1.73. The number of hydrogen-bond donors (Lipinski definition) is 1. The van der Waals surface area contributed by atoms with Gasteiger partial charge in [-0.15, -0.1) is 11.3 Å². The van der Waals surface area contributed by atoms with Crippen LogP contribution < -0.4 is 5.32 Å². The summed E-state index contributed by atoms with van der Waals surface area (Å²) in [6.45, 7) is 7.05. The van der Waals surface area contributed by atoms with Crippen molar-refractivity contribution in [1.82, 2.24) is 14.8 Å². The largest absolute Gasteiger partial charge is 0.376 e. The normalized spacial score (nSPS) is 10.8. The summed E-state index contributed by atoms with van der Waals surface area (Å²) >= 11 is 1.75. The van der Waals surface area contributed by atoms with Crippen LogP contribution >= 0.6 is 11.3 Å². The van der Waals surface area contributed by atoms with E-state index in [0.717, 1.165) is 35.0 Å². The average molecular weight is 250 g/mol. The van der Waals surface area contributed by atoms with E-state index < -0.39 is 0 Å². The summed E-state index contributed by atoms with van der Waals surface area (Å²) in [5.74, 6) is 0. The van der Waals surface area contributed by atoms with Gasteiger partial charge in [-0.1, -0.05) is 6.92 Å². The lowest BCUT2D eigenvalue weighted by Gasteiger charge is -2.02. The third-order valence-electron chi connectivity index (χ3n) is 2.74. The Hall–Kier alpha value is -1.36. The van der Waals surface area contributed by atoms with Crippen LogP contribution in [-0.2, 0) is 20.0 Å². The fraction of sp³-hybridized carbons (Fsp3) is 0.500. The van der Waals surface area contributed by atoms with Crippen molar-refractivity contribution >= 4 is 17.0 Å². The summed E-state index contributed by atoms with van der Waals surface area (Å²) in [5, 5.41) is 8.94. The summed E-state index contributed by atoms with van der Waals surface area (Å²) in [6.07, 6.45) is 2.96. The molecule has 0 bridgehead atoms. The molecule has 2 aromatic rings. The first-order valence-electron chi connectivity index (χ1n) is 5.79. The van der Waals surface area contributed by atoms with Crippen LogP contribution in [0.4, 0.5) is 5.69 Å². The highest BCUT2D eigenvalue weighted by Crippen LogP contribution is 2.19. The van der Waals surface area contributed by atoms with E-state index in [1.54, 1.807) is 11.3 Å². The van der Waals surface area contributed by atoms with E-state index in [2.05, 4.69) is 36.2 Å². The first kappa shape index (κ1) is 12.1. The van der Waals surface area contributed by atoms with E-state index in [-0.39, 0.29) is 0 Å². The number of rotatable bonds is 4. The fourth-order valence-corrected chi connectivity index (χ4v) is 2.60. The van der Waals surface area contributed by atoms with Crippen molar-refractivity contribution in [2.24, 2.45) is 7.05 Å². The highest BCUT2D eigenvalue weighted by molar-refractivity contribution is 7.11. The van der Waals surface area contributed by atoms with Gasteiger partial charge in [0.2, 0.25) is 0 Å². The number of hydrogen-bond acceptors (Lipinski definition) is 4. The lowest BCUT2D eigenvalue weighted by Crippen LogP contribution is -2.00. The van der Waals surface area contributed by atoms with Crippen molar-refractivity contribution in [2.75, 3.05) is 5.32 Å². The number of thiazole rings is 1. The molecule has 0 fully saturated rings. The van der Waals surface area contributed by atoms with E-state index >= 15 is 0 Å². The average Bonchev–Trinajstić information content (AvgIpc) is 2.80. The molecule has 17 heavy (non-hydrogen) atoms. The SMILES string of the molecule is CCc1nn(C)cc1NCc1nc(C)c(C)s1. The van der Waals surface area contributed by atoms with Crippen molar-refractivity contribution in [3.8, 4) is 0 Å². The van der Waals surface area contributed by atoms with E-state index in [0.29, 0.717) is 0 Å². The molecule has 0 aliphatic rings. The minimum Gasteiger partial charge on any atom is -0.376 e. The second kappa shape index (κ2) is 4.87. The van der Waals surface area contributed by atoms with E-state index in [9.17, 15) is 0 Å². The Morgan fingerprint density at radius 1 is 1.41 bits per heavy atom. The molecule has 0 aromatic carbocycles. The first-order chi connectivity index (χ1) is 8.10. The molecule has 4 nitrogen and oxygen atoms in total. The maximum absolute atomic E-state index is 4.52. The zero-order valence-electron chi connectivity index (χ0n) is 10.7. The summed E-state index contributed by atoms with van der Waals surface area (Å²) in [6, 6.07) is 0. The molecule has 0 unspecified atom stereocenters. The molecule has 2 aromatic heterocycles. The molecule has 2 rings (SSSR count). The van der Waals surface area contributed by atoms with Crippen molar-refractivity contribution < 1.29 is 0 Å². The van der Waals surface area contributed by atoms with Gasteiger partial charge in [-0.25, -0.2) is 4.98 Å². The van der Waals surface area contributed by atoms with Gasteiger partial charge in [0.05, 0.1) is 23.6 Å². The van der Waals surface area contributed by atoms with E-state index in [1.807, 2.05) is 17.9 Å². The van der Waals surface area contributed by atoms with Gasteiger partial charge in [0, 0.05) is 18.1 Å². The smallest absolute Gasteiger partial charge is 0.112 e. The predicted molar refractivity (Wildman–Crippen MR) is 71.5 cm³/mol. The number of anilines is 1. The molecule has 0 atom stereocenters. The summed E-state index contributed by atoms with van der Waals surface area (Å²) < 4.78 is 1.85. The number of nitrogens with one attached hydrogen (secondary N) is 1. The maximum Gasteiger partial charge on any atom is 0.112 e. The van der Waals surface area contributed by atoms with Crippen LogP contribution in [0.25, 0.3) is 0 Å². The van der Waals surface area contributed by atoms with Crippen LogP contribution in [0.1, 0.15) is 28.2 Å². The molecule has 0 saturated heterocycles. The Morgan fingerprint density at radius 2 is 2.18 bits per heavy atom. The molecule has 0 spiro atoms. The number of aryl methyl sites for hydroxylation is 4. The molecule has 0 aliphatic carbocycles. The van der Waals surface area contributed by atoms with Gasteiger partial charge in [-0.05, 0) is 20.3 Å². The third-order valence-corrected chi connectivity index (χ3v) is 3.82. The van der Waals surface area contributed by atoms with E-state index in [1.165, 1.54) is 4.88 Å². The monoisotopic (exact) mass is 250 g/mol. The minimum absolute atomic E-state index is 0.776. The van der Waals surface area contributed by atoms with Gasteiger partial charge >= 0.3 is 0 Å². The molecule has 5 heteroatoms. The predicted octanol–water partition coefficient (Wildman–Crippen LogP) is 2.67. The number of aromatic nitrogens is 3. The summed E-state index contributed by atoms with van der Waals surface area (Å²) in [7, 11) is 1.95. The topological polar surface area (TPSA) is 42.7 Å². The second-order valence-electron chi connectivity index (χ2n) is 4.12. The van der Waals surface area contributed by atoms with E-state index in [4.69, 9.17) is 0 Å². The van der Waals surface area contributed by atoms with Crippen LogP contribution in [0.15, 0.2) is 6.20 Å². The molecule has 0 aliphatic heterocycles. The minimum atomic E-state index is 0.776. The molecule has 2 heterocycles. The Morgan fingerprint density at radius 3 is 2.76 bits per heavy atom. The first-order valence-corrected chi connectivity index (χ1v) is 6.61. The summed E-state index contributed by atoms with van der Waals surface area (Å²) in [4.78, 5) is 5.81. The molecule has 92 valence electrons. The highest BCUT2D eigenvalue weighted by Gasteiger charge is 2.07. The van der Waals surface area contributed by atoms with Crippen molar-refractivity contribution in [3.05, 3.63) is 27.5 Å². The molecular formula is C12H18N4S. The van der Waals surface area contributed by atoms with Crippen molar-refractivity contribution in [1.29, 1.82) is 0 Å². The lowest BCUT2D eigenvalue weighted by molar-refractivity contribution is 0.746. The Kier molecular flexibility index (Phi) is 3.47. The second-order valence-corrected chi connectivity index (χ2v) is 5.41. The van der Waals surface area contributed by atoms with Crippen LogP contribution in [0.5, 0.6) is 0 Å². The van der Waals surface area contributed by atoms with Gasteiger partial charge < -0.3 is 5.32 Å². The highest BCUT2D eigenvalue weighted by atomic mass is 32.1. The number of nitrogens with zero attached hydrogens (tertiary/aromatic N) is 3. The van der Waals surface area contributed by atoms with Crippen LogP contribution in [0.2, 0.25) is 0 Å². The van der Waals surface area contributed by atoms with Gasteiger partial charge in [-0.2, -0.15) is 5.10 Å². The third kappa shape index (κ3) is 2.66. The van der Waals surface area contributed by atoms with Crippen LogP contribution in [-0.4, -0.2) is 14.8 Å². The Bertz CT molecular complexity index is 493. The Labute approximate surface area is 106 Å². The molecule has 0 radical (unpaired) electrons. The van der Waals surface area contributed by atoms with Crippen LogP contribution in [0.3, 0.4) is 0 Å². The van der Waals surface area contributed by atoms with Gasteiger partial charge in [0.1, 0.15) is 5.01 Å². The quantitative estimate of drug-likeness (QED) is 0.907. The van der Waals surface area contributed by atoms with Crippen LogP contribution in [0, 0.1) is 13.8 Å². The molecular weight excluding hydrogens is 232 g/mol. The van der Waals surface area contributed by atoms with Crippen molar-refractivity contribution in [3.63, 3.8) is 0 Å². The van der Waals surface area contributed by atoms with Gasteiger partial charge in [-0.3, -0.25) is 4.68 Å². The van der Waals surface area contributed by atoms with Gasteiger partial charge in [0.25, 0.3) is 0 Å². The molecule has 0 amide bonds. The van der Waals surface area contributed by atoms with Gasteiger partial charge in [0.15, 0.2) is 0 Å². The van der Waals surface area contributed by atoms with Crippen molar-refractivity contribution in [2.45, 2.75) is 33.7 Å². The summed E-state index contributed by atoms with van der Waals surface area (Å²) in [5.41, 5.74) is 3.35. The zero-order chi connectivity index (χ0) is 12.4. The molecule has 1 N–H and O–H groups in total. The Balaban J connectivity index is 2.06. The standard InChI is InChI=1S/C12H18N4S/c1-5-10-11(7-16(4)15-10)13-6-12-14-8(2)9(3)17-12/h7,13H,5-6H2,1-4H3. The molecule has 0 saturated carbocycles.